The Balaban J connectivity index is 0.747. The highest BCUT2D eigenvalue weighted by atomic mass is 16.8. The highest BCUT2D eigenvalue weighted by molar-refractivity contribution is 5.82. The fourth-order valence-corrected chi connectivity index (χ4v) is 19.0. The number of rotatable bonds is 16. The van der Waals surface area contributed by atoms with Crippen LogP contribution in [0.4, 0.5) is 0 Å². The summed E-state index contributed by atoms with van der Waals surface area (Å²) in [6.45, 7) is 7.24. The minimum atomic E-state index is -2.09. The molecule has 0 aromatic rings. The predicted octanol–water partition coefficient (Wildman–Crippen LogP) is -6.98. The number of esters is 2. The summed E-state index contributed by atoms with van der Waals surface area (Å²) in [7, 11) is 0. The molecule has 0 radical (unpaired) electrons. The van der Waals surface area contributed by atoms with Crippen LogP contribution in [0, 0.1) is 50.2 Å². The van der Waals surface area contributed by atoms with E-state index in [1.54, 1.807) is 0 Å². The van der Waals surface area contributed by atoms with Crippen molar-refractivity contribution in [1.82, 2.24) is 0 Å². The van der Waals surface area contributed by atoms with Gasteiger partial charge in [0.05, 0.1) is 58.5 Å². The van der Waals surface area contributed by atoms with E-state index < -0.39 is 275 Å². The molecule has 0 amide bonds. The summed E-state index contributed by atoms with van der Waals surface area (Å²) in [6.07, 6.45) is -41.8. The summed E-state index contributed by atoms with van der Waals surface area (Å²) < 4.78 is 76.4. The van der Waals surface area contributed by atoms with E-state index in [9.17, 15) is 96.7 Å². The van der Waals surface area contributed by atoms with Crippen molar-refractivity contribution < 1.29 is 163 Å². The van der Waals surface area contributed by atoms with E-state index in [4.69, 9.17) is 61.6 Å². The molecule has 2 bridgehead atoms. The van der Waals surface area contributed by atoms with Crippen molar-refractivity contribution in [3.63, 3.8) is 0 Å². The molecule has 0 unspecified atom stereocenters. The van der Waals surface area contributed by atoms with Crippen LogP contribution in [0.3, 0.4) is 0 Å². The molecule has 0 aromatic carbocycles. The molecule has 4 saturated carbocycles. The molecule has 548 valence electrons. The van der Waals surface area contributed by atoms with Crippen LogP contribution in [-0.2, 0) is 71.2 Å². The van der Waals surface area contributed by atoms with Crippen LogP contribution < -0.4 is 0 Å². The maximum atomic E-state index is 15.6. The first-order valence-corrected chi connectivity index (χ1v) is 33.4. The second-order valence-corrected chi connectivity index (χ2v) is 30.7. The lowest BCUT2D eigenvalue weighted by Gasteiger charge is -2.71. The molecule has 0 spiro atoms. The van der Waals surface area contributed by atoms with Crippen molar-refractivity contribution >= 4 is 11.9 Å². The largest absolute Gasteiger partial charge is 0.459 e. The highest BCUT2D eigenvalue weighted by Gasteiger charge is 2.78. The predicted molar refractivity (Wildman–Crippen MR) is 311 cm³/mol. The first-order valence-electron chi connectivity index (χ1n) is 33.4. The number of carbonyl (C=O) groups is 2. The van der Waals surface area contributed by atoms with E-state index in [1.165, 1.54) is 6.92 Å². The van der Waals surface area contributed by atoms with Crippen molar-refractivity contribution in [2.75, 3.05) is 46.2 Å². The minimum absolute atomic E-state index is 0.0544. The highest BCUT2D eigenvalue weighted by Crippen LogP contribution is 2.77. The number of allylic oxidation sites excluding steroid dienone is 2. The summed E-state index contributed by atoms with van der Waals surface area (Å²) in [4.78, 5) is 30.1. The summed E-state index contributed by atoms with van der Waals surface area (Å²) in [5, 5.41) is 197. The Morgan fingerprint density at radius 3 is 1.90 bits per heavy atom. The van der Waals surface area contributed by atoms with Gasteiger partial charge in [0, 0.05) is 0 Å². The van der Waals surface area contributed by atoms with Crippen LogP contribution >= 0.6 is 0 Å². The van der Waals surface area contributed by atoms with Gasteiger partial charge in [-0.05, 0) is 97.7 Å². The Morgan fingerprint density at radius 1 is 0.594 bits per heavy atom. The lowest BCUT2D eigenvalue weighted by molar-refractivity contribution is -0.372. The third-order valence-electron chi connectivity index (χ3n) is 24.9. The molecule has 12 rings (SSSR count). The number of carbonyl (C=O) groups excluding carboxylic acids is 2. The Hall–Kier alpha value is -2.48. The molecular weight excluding hydrogens is 1280 g/mol. The van der Waals surface area contributed by atoms with Gasteiger partial charge in [-0.15, -0.1) is 0 Å². The fraction of sp³-hybridized carbons (Fsp3) is 0.937. The molecule has 12 aliphatic rings. The second kappa shape index (κ2) is 26.7. The molecule has 96 heavy (non-hydrogen) atoms. The van der Waals surface area contributed by atoms with Gasteiger partial charge in [0.1, 0.15) is 132 Å². The Labute approximate surface area is 552 Å². The van der Waals surface area contributed by atoms with Crippen molar-refractivity contribution in [3.8, 4) is 0 Å². The van der Waals surface area contributed by atoms with Crippen molar-refractivity contribution in [3.05, 3.63) is 11.6 Å². The lowest BCUT2D eigenvalue weighted by atomic mass is 9.33. The number of fused-ring (bicyclic) bond motifs is 10. The zero-order valence-electron chi connectivity index (χ0n) is 54.3. The lowest BCUT2D eigenvalue weighted by Crippen LogP contribution is -2.70. The number of aliphatic hydroxyl groups is 18. The normalized spacial score (nSPS) is 55.4. The Kier molecular flexibility index (Phi) is 20.3. The molecule has 37 atom stereocenters. The number of hydrogen-bond acceptors (Lipinski definition) is 33. The van der Waals surface area contributed by atoms with Crippen LogP contribution in [-0.4, -0.2) is 328 Å². The van der Waals surface area contributed by atoms with Crippen LogP contribution in [0.5, 0.6) is 0 Å². The number of aliphatic hydroxyl groups excluding tert-OH is 17. The molecule has 33 heteroatoms. The first kappa shape index (κ1) is 73.3. The SMILES string of the molecule is C[C@@H]1O[C@@H](O[C@H]2[C@H](OC(=O)[C@]34CCC(C)(C)C[C@H]3C3=CC[C@@H]5[C@@]6(C)C[C@@H]7OC(=O)[C@@](CO)([C@@H]6CC[C@@]5(C)[C@]3(C)C[C@H]4O)[C@H]7O[C@@H]3O[C@H](CO[C@@H]4O[C@H](CO)[C@@H](O)[C@H](O)[C@H]4O)[C@@H](O)[C@H](O)[C@H]3O)OC[C@H](O)[C@@H]2O)[C@H](O)[C@H](O)[C@H]1O[C@@H]1OC[C@@H](O)[C@H](O[C@@H]2OC[C@](O)(CO)[C@H]2O)[C@H]1O. The van der Waals surface area contributed by atoms with Gasteiger partial charge < -0.3 is 153 Å². The number of ether oxygens (including phenoxy) is 13. The van der Waals surface area contributed by atoms with Crippen LogP contribution in [0.2, 0.25) is 0 Å². The summed E-state index contributed by atoms with van der Waals surface area (Å²) in [5.74, 6) is -3.17. The topological polar surface area (TPSA) is 518 Å². The zero-order chi connectivity index (χ0) is 69.6. The van der Waals surface area contributed by atoms with Gasteiger partial charge in [0.25, 0.3) is 0 Å². The van der Waals surface area contributed by atoms with Gasteiger partial charge in [0.15, 0.2) is 37.6 Å². The second-order valence-electron chi connectivity index (χ2n) is 30.7. The molecule has 7 aliphatic heterocycles. The molecule has 11 fully saturated rings. The average molecular weight is 1380 g/mol. The van der Waals surface area contributed by atoms with Gasteiger partial charge in [-0.3, -0.25) is 9.59 Å². The maximum Gasteiger partial charge on any atom is 0.317 e. The summed E-state index contributed by atoms with van der Waals surface area (Å²) in [6, 6.07) is 0. The van der Waals surface area contributed by atoms with E-state index in [-0.39, 0.29) is 30.6 Å². The van der Waals surface area contributed by atoms with Crippen molar-refractivity contribution in [2.24, 2.45) is 50.2 Å². The van der Waals surface area contributed by atoms with Gasteiger partial charge >= 0.3 is 11.9 Å². The quantitative estimate of drug-likeness (QED) is 0.0388. The Morgan fingerprint density at radius 2 is 1.22 bits per heavy atom. The van der Waals surface area contributed by atoms with E-state index in [2.05, 4.69) is 40.7 Å². The zero-order valence-corrected chi connectivity index (χ0v) is 54.3. The molecular formula is C63H98O33. The first-order chi connectivity index (χ1) is 45.1. The van der Waals surface area contributed by atoms with Crippen LogP contribution in [0.15, 0.2) is 11.6 Å². The molecule has 0 aromatic heterocycles. The van der Waals surface area contributed by atoms with E-state index in [0.717, 1.165) is 5.57 Å². The number of hydrogen-bond donors (Lipinski definition) is 18. The third-order valence-corrected chi connectivity index (χ3v) is 24.9. The van der Waals surface area contributed by atoms with Gasteiger partial charge in [-0.2, -0.15) is 0 Å². The summed E-state index contributed by atoms with van der Waals surface area (Å²) >= 11 is 0. The monoisotopic (exact) mass is 1380 g/mol. The molecule has 33 nitrogen and oxygen atoms in total. The maximum absolute atomic E-state index is 15.6. The van der Waals surface area contributed by atoms with E-state index in [1.807, 2.05) is 0 Å². The molecule has 7 heterocycles. The average Bonchev–Trinajstić information content (AvgIpc) is 1.13. The molecule has 7 saturated heterocycles. The molecule has 18 N–H and O–H groups in total. The Bertz CT molecular complexity index is 2820. The van der Waals surface area contributed by atoms with Crippen LogP contribution in [0.1, 0.15) is 92.9 Å². The fourth-order valence-electron chi connectivity index (χ4n) is 19.0. The summed E-state index contributed by atoms with van der Waals surface area (Å²) in [5.41, 5.74) is -7.22. The van der Waals surface area contributed by atoms with E-state index in [0.29, 0.717) is 32.1 Å². The smallest absolute Gasteiger partial charge is 0.317 e. The molecule has 5 aliphatic carbocycles. The third kappa shape index (κ3) is 11.6. The van der Waals surface area contributed by atoms with Crippen LogP contribution in [0.25, 0.3) is 0 Å². The van der Waals surface area contributed by atoms with Crippen molar-refractivity contribution in [1.29, 1.82) is 0 Å². The van der Waals surface area contributed by atoms with E-state index >= 15 is 4.79 Å². The van der Waals surface area contributed by atoms with Gasteiger partial charge in [-0.25, -0.2) is 0 Å². The van der Waals surface area contributed by atoms with Gasteiger partial charge in [0.2, 0.25) is 6.29 Å². The minimum Gasteiger partial charge on any atom is -0.459 e. The van der Waals surface area contributed by atoms with Gasteiger partial charge in [-0.1, -0.05) is 46.3 Å². The standard InChI is InChI=1S/C63H98O33/c1-23-44(92-50-43(79)45(27(68)18-84-50)93-54-47(80)61(83,20-65)22-87-54)39(75)42(78)51(88-23)94-46-34(70)26(67)17-85-53(46)96-55(81)62-12-11-57(2,3)13-25(62)24-7-8-31-58(4)14-28-48(63(21-66,56(82)91-28)32(58)9-10-59(31,5)60(24,6)15-33(62)69)95-52-41(77)38(74)36(72)30(90-52)19-86-49-40(76)37(73)35(71)29(16-64)89-49/h7,23,25-54,64-80,83H,8-22H2,1-6H3/t23-,25-,26-,27+,28-,29+,30+,31+,32+,33+,34-,35+,36+,37-,38-,39-,40+,41+,42+,43+,44-,45-,46+,47-,48-,49+,50-,51-,52-,53-,54-,58+,59+,60+,61+,62+,63-/m0/s1. The van der Waals surface area contributed by atoms with Crippen molar-refractivity contribution in [2.45, 2.75) is 271 Å².